The van der Waals surface area contributed by atoms with Crippen LogP contribution in [-0.4, -0.2) is 30.7 Å². The first-order valence-electron chi connectivity index (χ1n) is 7.85. The molecule has 7 heteroatoms. The predicted octanol–water partition coefficient (Wildman–Crippen LogP) is 5.39. The molecule has 0 aromatic heterocycles. The molecule has 0 radical (unpaired) electrons. The molecule has 1 rings (SSSR count). The van der Waals surface area contributed by atoms with Gasteiger partial charge in [-0.1, -0.05) is 68.2 Å². The summed E-state index contributed by atoms with van der Waals surface area (Å²) in [6.07, 6.45) is 9.04. The molecule has 1 fully saturated rings. The van der Waals surface area contributed by atoms with Crippen LogP contribution in [-0.2, 0) is 25.9 Å². The Kier molecular flexibility index (Phi) is 11.5. The second-order valence-electron chi connectivity index (χ2n) is 5.04. The Morgan fingerprint density at radius 2 is 1.67 bits per heavy atom. The first kappa shape index (κ1) is 19.8. The van der Waals surface area contributed by atoms with Gasteiger partial charge in [-0.05, 0) is 18.2 Å². The third-order valence-corrected chi connectivity index (χ3v) is 13.1. The fraction of sp³-hybridized carbons (Fsp3) is 0.929. The van der Waals surface area contributed by atoms with E-state index in [1.54, 1.807) is 22.8 Å². The van der Waals surface area contributed by atoms with Crippen LogP contribution in [0.25, 0.3) is 0 Å². The Bertz CT molecular complexity index is 329. The number of hydrogen-bond acceptors (Lipinski definition) is 6. The molecule has 0 unspecified atom stereocenters. The first-order valence-corrected chi connectivity index (χ1v) is 13.8. The van der Waals surface area contributed by atoms with Gasteiger partial charge in [-0.2, -0.15) is 0 Å². The Labute approximate surface area is 142 Å². The molecule has 0 aliphatic carbocycles. The van der Waals surface area contributed by atoms with E-state index in [1.165, 1.54) is 32.1 Å². The summed E-state index contributed by atoms with van der Waals surface area (Å²) in [6.45, 7) is 3.01. The van der Waals surface area contributed by atoms with Crippen molar-refractivity contribution in [2.45, 2.75) is 58.3 Å². The van der Waals surface area contributed by atoms with E-state index in [1.807, 2.05) is 0 Å². The number of ether oxygens (including phenoxy) is 1. The maximum atomic E-state index is 11.5. The van der Waals surface area contributed by atoms with Crippen LogP contribution in [0.2, 0.25) is 0 Å². The Morgan fingerprint density at radius 1 is 1.05 bits per heavy atom. The largest absolute Gasteiger partial charge is 0.463 e. The highest BCUT2D eigenvalue weighted by Crippen LogP contribution is 2.74. The van der Waals surface area contributed by atoms with Crippen molar-refractivity contribution < 1.29 is 14.1 Å². The fourth-order valence-corrected chi connectivity index (χ4v) is 11.0. The first-order chi connectivity index (χ1) is 10.2. The highest BCUT2D eigenvalue weighted by atomic mass is 33.2. The summed E-state index contributed by atoms with van der Waals surface area (Å²) in [5.41, 5.74) is 0. The lowest BCUT2D eigenvalue weighted by molar-refractivity contribution is -0.144. The van der Waals surface area contributed by atoms with Crippen molar-refractivity contribution in [3.63, 3.8) is 0 Å². The Morgan fingerprint density at radius 3 is 2.33 bits per heavy atom. The van der Waals surface area contributed by atoms with Crippen LogP contribution in [0.3, 0.4) is 0 Å². The van der Waals surface area contributed by atoms with Crippen LogP contribution >= 0.6 is 27.4 Å². The molecule has 0 aromatic rings. The van der Waals surface area contributed by atoms with Crippen molar-refractivity contribution >= 4 is 45.2 Å². The average molecular weight is 371 g/mol. The van der Waals surface area contributed by atoms with Gasteiger partial charge >= 0.3 is 5.97 Å². The van der Waals surface area contributed by atoms with E-state index in [4.69, 9.17) is 21.1 Å². The van der Waals surface area contributed by atoms with Crippen molar-refractivity contribution in [2.75, 3.05) is 24.7 Å². The number of hydrogen-bond donors (Lipinski definition) is 0. The van der Waals surface area contributed by atoms with Crippen LogP contribution in [0.1, 0.15) is 58.3 Å². The summed E-state index contributed by atoms with van der Waals surface area (Å²) in [4.78, 5) is 11.5. The summed E-state index contributed by atoms with van der Waals surface area (Å²) < 4.78 is 9.18. The van der Waals surface area contributed by atoms with Gasteiger partial charge < -0.3 is 9.26 Å². The van der Waals surface area contributed by atoms with E-state index in [0.717, 1.165) is 24.3 Å². The second kappa shape index (κ2) is 12.2. The van der Waals surface area contributed by atoms with E-state index in [2.05, 4.69) is 6.92 Å². The molecule has 3 nitrogen and oxygen atoms in total. The summed E-state index contributed by atoms with van der Waals surface area (Å²) in [7, 11) is 0. The van der Waals surface area contributed by atoms with E-state index in [-0.39, 0.29) is 5.97 Å². The normalized spacial score (nSPS) is 17.0. The minimum absolute atomic E-state index is 0.101. The molecule has 1 saturated heterocycles. The highest BCUT2D eigenvalue weighted by molar-refractivity contribution is 9.00. The fourth-order valence-electron chi connectivity index (χ4n) is 2.01. The number of carbonyl (C=O) groups excluding carboxylic acids is 1. The van der Waals surface area contributed by atoms with Gasteiger partial charge in [0.25, 0.3) is 0 Å². The van der Waals surface area contributed by atoms with Gasteiger partial charge in [-0.15, -0.1) is 0 Å². The summed E-state index contributed by atoms with van der Waals surface area (Å²) in [5, 5.41) is 0. The second-order valence-corrected chi connectivity index (χ2v) is 15.8. The molecule has 0 aromatic carbocycles. The van der Waals surface area contributed by atoms with Crippen LogP contribution in [0.15, 0.2) is 0 Å². The maximum absolute atomic E-state index is 11.5. The van der Waals surface area contributed by atoms with Gasteiger partial charge in [-0.3, -0.25) is 4.79 Å². The van der Waals surface area contributed by atoms with Crippen molar-refractivity contribution in [1.82, 2.24) is 0 Å². The molecule has 1 aliphatic heterocycles. The Balaban J connectivity index is 1.88. The monoisotopic (exact) mass is 370 g/mol. The number of carbonyl (C=O) groups is 1. The van der Waals surface area contributed by atoms with Gasteiger partial charge in [-0.25, -0.2) is 0 Å². The number of rotatable bonds is 12. The molecule has 0 amide bonds. The lowest BCUT2D eigenvalue weighted by atomic mass is 10.1. The van der Waals surface area contributed by atoms with Crippen LogP contribution in [0.4, 0.5) is 0 Å². The minimum atomic E-state index is -1.69. The zero-order chi connectivity index (χ0) is 15.4. The molecule has 1 heterocycles. The highest BCUT2D eigenvalue weighted by Gasteiger charge is 2.25. The van der Waals surface area contributed by atoms with Gasteiger partial charge in [0.15, 0.2) is 4.67 Å². The van der Waals surface area contributed by atoms with Crippen molar-refractivity contribution in [3.05, 3.63) is 0 Å². The molecular formula is C14H27O3PS3. The maximum Gasteiger partial charge on any atom is 0.305 e. The molecule has 1 aliphatic rings. The Hall–Kier alpha value is 0.780. The zero-order valence-corrected chi connectivity index (χ0v) is 16.2. The lowest BCUT2D eigenvalue weighted by Gasteiger charge is -2.13. The molecular weight excluding hydrogens is 343 g/mol. The van der Waals surface area contributed by atoms with Gasteiger partial charge in [0.05, 0.1) is 6.61 Å². The quantitative estimate of drug-likeness (QED) is 0.260. The van der Waals surface area contributed by atoms with E-state index >= 15 is 0 Å². The molecule has 0 bridgehead atoms. The molecule has 0 saturated carbocycles. The number of esters is 1. The smallest absolute Gasteiger partial charge is 0.305 e. The summed E-state index contributed by atoms with van der Waals surface area (Å²) in [5.74, 6) is 2.07. The molecule has 0 N–H and O–H groups in total. The van der Waals surface area contributed by atoms with Gasteiger partial charge in [0, 0.05) is 17.9 Å². The van der Waals surface area contributed by atoms with Crippen LogP contribution < -0.4 is 0 Å². The molecule has 124 valence electrons. The molecule has 0 spiro atoms. The van der Waals surface area contributed by atoms with E-state index in [9.17, 15) is 4.79 Å². The SMILES string of the molecule is CCCCCCCCCC(=O)OCCOP1(=S)SCCS1. The van der Waals surface area contributed by atoms with Crippen molar-refractivity contribution in [1.29, 1.82) is 0 Å². The lowest BCUT2D eigenvalue weighted by Crippen LogP contribution is -2.09. The van der Waals surface area contributed by atoms with Crippen LogP contribution in [0, 0.1) is 0 Å². The zero-order valence-electron chi connectivity index (χ0n) is 12.9. The van der Waals surface area contributed by atoms with Gasteiger partial charge in [0.1, 0.15) is 6.61 Å². The van der Waals surface area contributed by atoms with E-state index < -0.39 is 4.67 Å². The minimum Gasteiger partial charge on any atom is -0.463 e. The predicted molar refractivity (Wildman–Crippen MR) is 98.7 cm³/mol. The molecule has 0 atom stereocenters. The number of unbranched alkanes of at least 4 members (excludes halogenated alkanes) is 6. The third kappa shape index (κ3) is 10.2. The third-order valence-electron chi connectivity index (χ3n) is 3.16. The average Bonchev–Trinajstić information content (AvgIpc) is 2.90. The standard InChI is InChI=1S/C14H27O3PS3/c1-2-3-4-5-6-7-8-9-14(15)16-10-11-17-18(19)20-12-13-21-18/h2-13H2,1H3. The van der Waals surface area contributed by atoms with Crippen molar-refractivity contribution in [3.8, 4) is 0 Å². The van der Waals surface area contributed by atoms with E-state index in [0.29, 0.717) is 19.6 Å². The van der Waals surface area contributed by atoms with Crippen LogP contribution in [0.5, 0.6) is 0 Å². The van der Waals surface area contributed by atoms with Gasteiger partial charge in [0.2, 0.25) is 0 Å². The summed E-state index contributed by atoms with van der Waals surface area (Å²) in [6, 6.07) is 0. The molecule has 21 heavy (non-hydrogen) atoms. The van der Waals surface area contributed by atoms with Crippen molar-refractivity contribution in [2.24, 2.45) is 0 Å². The summed E-state index contributed by atoms with van der Waals surface area (Å²) >= 11 is 8.96. The topological polar surface area (TPSA) is 35.5 Å².